The average Bonchev–Trinajstić information content (AvgIpc) is 3.31. The molecule has 0 aliphatic carbocycles. The van der Waals surface area contributed by atoms with Gasteiger partial charge in [0.25, 0.3) is 0 Å². The van der Waals surface area contributed by atoms with Gasteiger partial charge in [-0.2, -0.15) is 4.31 Å². The number of hydrogen-bond acceptors (Lipinski definition) is 4. The number of carbonyl (C=O) groups excluding carboxylic acids is 1. The Kier molecular flexibility index (Phi) is 8.19. The molecule has 1 heterocycles. The molecule has 2 aromatic carbocycles. The summed E-state index contributed by atoms with van der Waals surface area (Å²) in [4.78, 5) is 14.8. The zero-order valence-corrected chi connectivity index (χ0v) is 18.5. The second kappa shape index (κ2) is 11.3. The minimum atomic E-state index is -3.84. The monoisotopic (exact) mass is 450 g/mol. The minimum absolute atomic E-state index is 0.0210. The van der Waals surface area contributed by atoms with Crippen molar-refractivity contribution in [3.05, 3.63) is 114 Å². The number of amides is 1. The molecule has 0 aliphatic rings. The Morgan fingerprint density at radius 2 is 1.62 bits per heavy atom. The lowest BCUT2D eigenvalue weighted by Crippen LogP contribution is -2.41. The van der Waals surface area contributed by atoms with Crippen molar-refractivity contribution in [1.82, 2.24) is 9.21 Å². The van der Waals surface area contributed by atoms with Crippen molar-refractivity contribution in [1.29, 1.82) is 0 Å². The minimum Gasteiger partial charge on any atom is -0.467 e. The van der Waals surface area contributed by atoms with Crippen LogP contribution >= 0.6 is 0 Å². The van der Waals surface area contributed by atoms with E-state index in [0.29, 0.717) is 12.3 Å². The molecule has 0 N–H and O–H groups in total. The largest absolute Gasteiger partial charge is 0.467 e. The Bertz CT molecular complexity index is 1130. The molecule has 7 heteroatoms. The van der Waals surface area contributed by atoms with Crippen LogP contribution in [0.3, 0.4) is 0 Å². The van der Waals surface area contributed by atoms with E-state index in [-0.39, 0.29) is 25.5 Å². The second-order valence-electron chi connectivity index (χ2n) is 7.15. The van der Waals surface area contributed by atoms with Gasteiger partial charge in [0.05, 0.1) is 19.4 Å². The number of sulfonamides is 1. The maximum absolute atomic E-state index is 13.2. The molecule has 0 atom stereocenters. The van der Waals surface area contributed by atoms with E-state index in [2.05, 4.69) is 6.58 Å². The molecule has 3 aromatic rings. The van der Waals surface area contributed by atoms with E-state index >= 15 is 0 Å². The molecule has 0 radical (unpaired) electrons. The number of rotatable bonds is 11. The van der Waals surface area contributed by atoms with E-state index in [1.165, 1.54) is 12.2 Å². The third-order valence-electron chi connectivity index (χ3n) is 4.73. The van der Waals surface area contributed by atoms with Gasteiger partial charge in [-0.05, 0) is 29.3 Å². The van der Waals surface area contributed by atoms with Crippen molar-refractivity contribution in [2.24, 2.45) is 0 Å². The molecule has 1 amide bonds. The van der Waals surface area contributed by atoms with Gasteiger partial charge in [-0.15, -0.1) is 6.58 Å². The fraction of sp³-hybridized carbons (Fsp3) is 0.160. The summed E-state index contributed by atoms with van der Waals surface area (Å²) in [5.74, 6) is 0.292. The first-order valence-corrected chi connectivity index (χ1v) is 11.7. The molecular weight excluding hydrogens is 424 g/mol. The first kappa shape index (κ1) is 23.2. The van der Waals surface area contributed by atoms with E-state index in [1.54, 1.807) is 35.4 Å². The molecule has 166 valence electrons. The molecule has 3 rings (SSSR count). The summed E-state index contributed by atoms with van der Waals surface area (Å²) in [6.07, 6.45) is 4.53. The van der Waals surface area contributed by atoms with Crippen LogP contribution in [0.5, 0.6) is 0 Å². The number of carbonyl (C=O) groups is 1. The highest BCUT2D eigenvalue weighted by atomic mass is 32.2. The predicted octanol–water partition coefficient (Wildman–Crippen LogP) is 4.30. The van der Waals surface area contributed by atoms with Crippen molar-refractivity contribution in [2.45, 2.75) is 13.1 Å². The van der Waals surface area contributed by atoms with Crippen LogP contribution in [-0.4, -0.2) is 36.6 Å². The quantitative estimate of drug-likeness (QED) is 0.409. The lowest BCUT2D eigenvalue weighted by molar-refractivity contribution is -0.132. The summed E-state index contributed by atoms with van der Waals surface area (Å²) in [7, 11) is -3.84. The summed E-state index contributed by atoms with van der Waals surface area (Å²) < 4.78 is 32.4. The van der Waals surface area contributed by atoms with Crippen LogP contribution in [0, 0.1) is 0 Å². The highest BCUT2D eigenvalue weighted by Gasteiger charge is 2.25. The third kappa shape index (κ3) is 6.80. The zero-order chi connectivity index (χ0) is 22.8. The molecule has 32 heavy (non-hydrogen) atoms. The Labute approximate surface area is 189 Å². The van der Waals surface area contributed by atoms with E-state index in [9.17, 15) is 13.2 Å². The Hall–Kier alpha value is -3.42. The van der Waals surface area contributed by atoms with Crippen LogP contribution in [0.25, 0.3) is 6.08 Å². The van der Waals surface area contributed by atoms with Gasteiger partial charge in [0.15, 0.2) is 0 Å². The van der Waals surface area contributed by atoms with Gasteiger partial charge in [-0.3, -0.25) is 4.79 Å². The lowest BCUT2D eigenvalue weighted by atomic mass is 10.2. The van der Waals surface area contributed by atoms with Crippen molar-refractivity contribution in [3.8, 4) is 0 Å². The molecule has 0 saturated heterocycles. The van der Waals surface area contributed by atoms with Gasteiger partial charge in [-0.25, -0.2) is 8.42 Å². The number of furan rings is 1. The highest BCUT2D eigenvalue weighted by molar-refractivity contribution is 7.92. The van der Waals surface area contributed by atoms with E-state index in [0.717, 1.165) is 20.8 Å². The summed E-state index contributed by atoms with van der Waals surface area (Å²) in [6, 6.07) is 22.2. The van der Waals surface area contributed by atoms with Crippen LogP contribution in [-0.2, 0) is 27.9 Å². The zero-order valence-electron chi connectivity index (χ0n) is 17.7. The Morgan fingerprint density at radius 1 is 0.938 bits per heavy atom. The SMILES string of the molecule is C=CCN(CC(=O)N(Cc1ccccc1)Cc1ccco1)S(=O)(=O)/C=C/c1ccccc1. The number of nitrogens with zero attached hydrogens (tertiary/aromatic N) is 2. The lowest BCUT2D eigenvalue weighted by Gasteiger charge is -2.25. The second-order valence-corrected chi connectivity index (χ2v) is 8.97. The summed E-state index contributed by atoms with van der Waals surface area (Å²) >= 11 is 0. The van der Waals surface area contributed by atoms with Gasteiger partial charge < -0.3 is 9.32 Å². The van der Waals surface area contributed by atoms with Gasteiger partial charge >= 0.3 is 0 Å². The normalized spacial score (nSPS) is 11.7. The van der Waals surface area contributed by atoms with Crippen molar-refractivity contribution in [2.75, 3.05) is 13.1 Å². The summed E-state index contributed by atoms with van der Waals surface area (Å²) in [5, 5.41) is 1.12. The van der Waals surface area contributed by atoms with Crippen molar-refractivity contribution < 1.29 is 17.6 Å². The Morgan fingerprint density at radius 3 is 2.25 bits per heavy atom. The molecule has 0 bridgehead atoms. The van der Waals surface area contributed by atoms with Gasteiger partial charge in [0.1, 0.15) is 5.76 Å². The molecule has 0 fully saturated rings. The van der Waals surface area contributed by atoms with Gasteiger partial charge in [-0.1, -0.05) is 66.7 Å². The molecule has 1 aromatic heterocycles. The van der Waals surface area contributed by atoms with E-state index < -0.39 is 10.0 Å². The predicted molar refractivity (Wildman–Crippen MR) is 126 cm³/mol. The molecule has 0 spiro atoms. The topological polar surface area (TPSA) is 70.8 Å². The highest BCUT2D eigenvalue weighted by Crippen LogP contribution is 2.14. The van der Waals surface area contributed by atoms with Gasteiger partial charge in [0.2, 0.25) is 15.9 Å². The fourth-order valence-electron chi connectivity index (χ4n) is 3.09. The first-order chi connectivity index (χ1) is 15.5. The fourth-order valence-corrected chi connectivity index (χ4v) is 4.20. The van der Waals surface area contributed by atoms with Crippen LogP contribution in [0.1, 0.15) is 16.9 Å². The van der Waals surface area contributed by atoms with Crippen molar-refractivity contribution >= 4 is 22.0 Å². The van der Waals surface area contributed by atoms with Crippen LogP contribution in [0.2, 0.25) is 0 Å². The van der Waals surface area contributed by atoms with Crippen molar-refractivity contribution in [3.63, 3.8) is 0 Å². The number of benzene rings is 2. The molecular formula is C25H26N2O4S. The number of hydrogen-bond donors (Lipinski definition) is 0. The molecule has 0 unspecified atom stereocenters. The molecule has 6 nitrogen and oxygen atoms in total. The molecule has 0 saturated carbocycles. The smallest absolute Gasteiger partial charge is 0.238 e. The van der Waals surface area contributed by atoms with E-state index in [1.807, 2.05) is 48.5 Å². The Balaban J connectivity index is 1.78. The first-order valence-electron chi connectivity index (χ1n) is 10.2. The summed E-state index contributed by atoms with van der Waals surface area (Å²) in [6.45, 7) is 3.93. The van der Waals surface area contributed by atoms with Crippen LogP contribution in [0.4, 0.5) is 0 Å². The third-order valence-corrected chi connectivity index (χ3v) is 6.21. The maximum atomic E-state index is 13.2. The van der Waals surface area contributed by atoms with E-state index in [4.69, 9.17) is 4.42 Å². The summed E-state index contributed by atoms with van der Waals surface area (Å²) in [5.41, 5.74) is 1.69. The standard InChI is InChI=1S/C25H26N2O4S/c1-2-16-27(32(29,30)18-15-22-10-5-3-6-11-22)21-25(28)26(20-24-14-9-17-31-24)19-23-12-7-4-8-13-23/h2-15,17-18H,1,16,19-21H2/b18-15+. The van der Waals surface area contributed by atoms with Crippen LogP contribution < -0.4 is 0 Å². The molecule has 0 aliphatic heterocycles. The van der Waals surface area contributed by atoms with Gasteiger partial charge in [0, 0.05) is 18.5 Å². The average molecular weight is 451 g/mol. The van der Waals surface area contributed by atoms with Crippen LogP contribution in [0.15, 0.2) is 102 Å². The maximum Gasteiger partial charge on any atom is 0.238 e.